The number of aromatic nitrogens is 5. The molecule has 0 aliphatic heterocycles. The molecule has 5 aromatic rings. The summed E-state index contributed by atoms with van der Waals surface area (Å²) in [5.41, 5.74) is 3.68. The Morgan fingerprint density at radius 2 is 1.75 bits per heavy atom. The number of ether oxygens (including phenoxy) is 1. The van der Waals surface area contributed by atoms with Crippen LogP contribution < -0.4 is 20.5 Å². The standard InChI is InChI=1S/C30H28F3N7O3S/c1-3-21-7-5-6-8-25(21)40-28(44-39(4-2)29(40)42)36-27(41)34-18-17-20-9-11-22(12-10-20)26-35-19-38(37-26)23-13-15-24(16-14-23)43-30(31,32)33/h5-16,19H,3-4,17-18H2,1-2H3,(H,34,41). The van der Waals surface area contributed by atoms with Crippen LogP contribution in [0.25, 0.3) is 22.8 Å². The van der Waals surface area contributed by atoms with E-state index in [2.05, 4.69) is 25.1 Å². The molecule has 44 heavy (non-hydrogen) atoms. The molecule has 2 aromatic heterocycles. The number of nitrogens with one attached hydrogen (secondary N) is 1. The van der Waals surface area contributed by atoms with Crippen molar-refractivity contribution in [1.29, 1.82) is 0 Å². The van der Waals surface area contributed by atoms with Crippen molar-refractivity contribution in [2.75, 3.05) is 6.54 Å². The van der Waals surface area contributed by atoms with Crippen LogP contribution in [0, 0.1) is 0 Å². The highest BCUT2D eigenvalue weighted by Gasteiger charge is 2.31. The molecule has 10 nitrogen and oxygen atoms in total. The minimum atomic E-state index is -4.76. The van der Waals surface area contributed by atoms with E-state index in [0.29, 0.717) is 41.5 Å². The molecule has 0 aliphatic carbocycles. The zero-order valence-electron chi connectivity index (χ0n) is 23.8. The summed E-state index contributed by atoms with van der Waals surface area (Å²) in [5, 5.41) is 7.21. The topological polar surface area (TPSA) is 108 Å². The van der Waals surface area contributed by atoms with Gasteiger partial charge in [0.1, 0.15) is 12.1 Å². The third-order valence-corrected chi connectivity index (χ3v) is 7.69. The molecule has 0 fully saturated rings. The summed E-state index contributed by atoms with van der Waals surface area (Å²) in [4.78, 5) is 34.5. The van der Waals surface area contributed by atoms with Crippen molar-refractivity contribution in [2.24, 2.45) is 4.99 Å². The molecule has 0 radical (unpaired) electrons. The minimum absolute atomic E-state index is 0.238. The van der Waals surface area contributed by atoms with Crippen LogP contribution in [0.4, 0.5) is 18.0 Å². The van der Waals surface area contributed by atoms with Gasteiger partial charge in [-0.2, -0.15) is 4.99 Å². The number of urea groups is 1. The summed E-state index contributed by atoms with van der Waals surface area (Å²) in [6.45, 7) is 4.67. The van der Waals surface area contributed by atoms with Gasteiger partial charge in [0.2, 0.25) is 4.80 Å². The summed E-state index contributed by atoms with van der Waals surface area (Å²) in [6, 6.07) is 19.8. The van der Waals surface area contributed by atoms with Crippen molar-refractivity contribution in [2.45, 2.75) is 39.6 Å². The van der Waals surface area contributed by atoms with E-state index in [9.17, 15) is 22.8 Å². The Balaban J connectivity index is 1.22. The molecule has 0 spiro atoms. The Morgan fingerprint density at radius 3 is 2.43 bits per heavy atom. The second-order valence-corrected chi connectivity index (χ2v) is 10.5. The lowest BCUT2D eigenvalue weighted by molar-refractivity contribution is -0.274. The normalized spacial score (nSPS) is 12.0. The highest BCUT2D eigenvalue weighted by atomic mass is 32.1. The van der Waals surface area contributed by atoms with Gasteiger partial charge >= 0.3 is 18.1 Å². The number of nitrogens with zero attached hydrogens (tertiary/aromatic N) is 6. The number of hydrogen-bond acceptors (Lipinski definition) is 6. The number of benzene rings is 3. The second kappa shape index (κ2) is 13.1. The maximum atomic E-state index is 13.0. The Morgan fingerprint density at radius 1 is 1.02 bits per heavy atom. The predicted molar refractivity (Wildman–Crippen MR) is 159 cm³/mol. The lowest BCUT2D eigenvalue weighted by Gasteiger charge is -2.09. The van der Waals surface area contributed by atoms with Crippen LogP contribution in [0.5, 0.6) is 5.75 Å². The van der Waals surface area contributed by atoms with Crippen molar-refractivity contribution in [3.63, 3.8) is 0 Å². The van der Waals surface area contributed by atoms with Gasteiger partial charge in [0, 0.05) is 18.7 Å². The second-order valence-electron chi connectivity index (χ2n) is 9.51. The highest BCUT2D eigenvalue weighted by Crippen LogP contribution is 2.24. The molecule has 228 valence electrons. The lowest BCUT2D eigenvalue weighted by atomic mass is 10.1. The Bertz CT molecular complexity index is 1870. The van der Waals surface area contributed by atoms with Crippen LogP contribution in [0.2, 0.25) is 0 Å². The number of carbonyl (C=O) groups excluding carboxylic acids is 1. The van der Waals surface area contributed by atoms with Gasteiger partial charge in [0.05, 0.1) is 11.4 Å². The SMILES string of the molecule is CCc1ccccc1-n1c(=NC(=O)NCCc2ccc(-c3ncn(-c4ccc(OC(F)(F)F)cc4)n3)cc2)sn(CC)c1=O. The maximum absolute atomic E-state index is 13.0. The number of aryl methyl sites for hydroxylation is 2. The van der Waals surface area contributed by atoms with Gasteiger partial charge in [-0.15, -0.1) is 18.3 Å². The molecule has 1 N–H and O–H groups in total. The molecular weight excluding hydrogens is 595 g/mol. The van der Waals surface area contributed by atoms with Crippen LogP contribution in [-0.4, -0.2) is 42.2 Å². The Hall–Kier alpha value is -4.98. The van der Waals surface area contributed by atoms with E-state index in [0.717, 1.165) is 34.6 Å². The Kier molecular flexibility index (Phi) is 9.09. The molecule has 14 heteroatoms. The third kappa shape index (κ3) is 7.14. The van der Waals surface area contributed by atoms with E-state index in [1.54, 1.807) is 3.96 Å². The van der Waals surface area contributed by atoms with Gasteiger partial charge < -0.3 is 10.1 Å². The zero-order valence-corrected chi connectivity index (χ0v) is 24.6. The summed E-state index contributed by atoms with van der Waals surface area (Å²) in [7, 11) is 0. The van der Waals surface area contributed by atoms with Crippen LogP contribution in [0.15, 0.2) is 88.9 Å². The lowest BCUT2D eigenvalue weighted by Crippen LogP contribution is -2.31. The molecular formula is C30H28F3N7O3S. The van der Waals surface area contributed by atoms with E-state index in [1.807, 2.05) is 62.4 Å². The number of amides is 2. The number of halogens is 3. The number of hydrogen-bond donors (Lipinski definition) is 1. The third-order valence-electron chi connectivity index (χ3n) is 6.61. The first-order valence-corrected chi connectivity index (χ1v) is 14.5. The van der Waals surface area contributed by atoms with Crippen molar-refractivity contribution < 1.29 is 22.7 Å². The van der Waals surface area contributed by atoms with Crippen LogP contribution in [0.3, 0.4) is 0 Å². The van der Waals surface area contributed by atoms with Crippen molar-refractivity contribution in [3.8, 4) is 28.5 Å². The van der Waals surface area contributed by atoms with E-state index in [4.69, 9.17) is 0 Å². The molecule has 2 amide bonds. The largest absolute Gasteiger partial charge is 0.573 e. The smallest absolute Gasteiger partial charge is 0.406 e. The Labute approximate surface area is 253 Å². The molecule has 0 atom stereocenters. The molecule has 0 saturated carbocycles. The monoisotopic (exact) mass is 623 g/mol. The van der Waals surface area contributed by atoms with E-state index in [-0.39, 0.29) is 11.4 Å². The van der Waals surface area contributed by atoms with Gasteiger partial charge in [0.25, 0.3) is 0 Å². The summed E-state index contributed by atoms with van der Waals surface area (Å²) in [6.07, 6.45) is -2.02. The molecule has 3 aromatic carbocycles. The molecule has 5 rings (SSSR count). The van der Waals surface area contributed by atoms with E-state index < -0.39 is 12.4 Å². The van der Waals surface area contributed by atoms with Crippen molar-refractivity contribution in [3.05, 3.63) is 106 Å². The summed E-state index contributed by atoms with van der Waals surface area (Å²) in [5.74, 6) is 0.117. The van der Waals surface area contributed by atoms with Gasteiger partial charge in [-0.05, 0) is 72.8 Å². The van der Waals surface area contributed by atoms with Crippen molar-refractivity contribution >= 4 is 17.6 Å². The summed E-state index contributed by atoms with van der Waals surface area (Å²) < 4.78 is 45.6. The van der Waals surface area contributed by atoms with Crippen LogP contribution in [-0.2, 0) is 19.4 Å². The van der Waals surface area contributed by atoms with Crippen molar-refractivity contribution in [1.82, 2.24) is 28.6 Å². The van der Waals surface area contributed by atoms with Crippen LogP contribution >= 0.6 is 11.5 Å². The maximum Gasteiger partial charge on any atom is 0.573 e. The number of rotatable bonds is 9. The molecule has 0 unspecified atom stereocenters. The fourth-order valence-electron chi connectivity index (χ4n) is 4.46. The van der Waals surface area contributed by atoms with Crippen LogP contribution in [0.1, 0.15) is 25.0 Å². The molecule has 2 heterocycles. The van der Waals surface area contributed by atoms with Gasteiger partial charge in [-0.3, -0.25) is 0 Å². The zero-order chi connectivity index (χ0) is 31.3. The first-order chi connectivity index (χ1) is 21.1. The molecule has 0 saturated heterocycles. The first-order valence-electron chi connectivity index (χ1n) is 13.8. The quantitative estimate of drug-likeness (QED) is 0.240. The van der Waals surface area contributed by atoms with E-state index in [1.165, 1.54) is 39.8 Å². The summed E-state index contributed by atoms with van der Waals surface area (Å²) >= 11 is 1.14. The first kappa shape index (κ1) is 30.5. The fourth-order valence-corrected chi connectivity index (χ4v) is 5.32. The number of para-hydroxylation sites is 1. The minimum Gasteiger partial charge on any atom is -0.406 e. The molecule has 0 aliphatic rings. The van der Waals surface area contributed by atoms with Gasteiger partial charge in [-0.1, -0.05) is 49.4 Å². The predicted octanol–water partition coefficient (Wildman–Crippen LogP) is 5.28. The average Bonchev–Trinajstić information content (AvgIpc) is 3.62. The number of carbonyl (C=O) groups is 1. The average molecular weight is 624 g/mol. The van der Waals surface area contributed by atoms with Gasteiger partial charge in [0.15, 0.2) is 5.82 Å². The molecule has 0 bridgehead atoms. The highest BCUT2D eigenvalue weighted by molar-refractivity contribution is 7.03. The fraction of sp³-hybridized carbons (Fsp3) is 0.233. The number of alkyl halides is 3. The van der Waals surface area contributed by atoms with E-state index >= 15 is 0 Å². The van der Waals surface area contributed by atoms with Gasteiger partial charge in [-0.25, -0.2) is 27.8 Å².